The zero-order chi connectivity index (χ0) is 14.4. The summed E-state index contributed by atoms with van der Waals surface area (Å²) in [6, 6.07) is 0.148. The predicted octanol–water partition coefficient (Wildman–Crippen LogP) is 1.47. The van der Waals surface area contributed by atoms with E-state index in [0.717, 1.165) is 45.2 Å². The molecule has 118 valence electrons. The van der Waals surface area contributed by atoms with Gasteiger partial charge in [-0.15, -0.1) is 0 Å². The molecule has 1 aliphatic heterocycles. The molecule has 0 unspecified atom stereocenters. The van der Waals surface area contributed by atoms with E-state index in [1.54, 1.807) is 7.05 Å². The van der Waals surface area contributed by atoms with Gasteiger partial charge in [-0.05, 0) is 51.1 Å². The third-order valence-corrected chi connectivity index (χ3v) is 6.28. The first-order valence-electron chi connectivity index (χ1n) is 8.02. The molecule has 0 atom stereocenters. The smallest absolute Gasteiger partial charge is 0.279 e. The van der Waals surface area contributed by atoms with Crippen molar-refractivity contribution in [2.24, 2.45) is 5.92 Å². The van der Waals surface area contributed by atoms with Crippen molar-refractivity contribution < 1.29 is 8.42 Å². The zero-order valence-corrected chi connectivity index (χ0v) is 13.4. The van der Waals surface area contributed by atoms with Crippen molar-refractivity contribution in [1.29, 1.82) is 0 Å². The van der Waals surface area contributed by atoms with Crippen LogP contribution in [-0.4, -0.2) is 45.4 Å². The summed E-state index contributed by atoms with van der Waals surface area (Å²) in [5.74, 6) is 0.670. The maximum Gasteiger partial charge on any atom is 0.279 e. The van der Waals surface area contributed by atoms with E-state index < -0.39 is 10.2 Å². The lowest BCUT2D eigenvalue weighted by Crippen LogP contribution is -2.45. The molecular weight excluding hydrogens is 274 g/mol. The molecule has 1 heterocycles. The highest BCUT2D eigenvalue weighted by Gasteiger charge is 2.24. The van der Waals surface area contributed by atoms with Gasteiger partial charge in [-0.3, -0.25) is 0 Å². The molecule has 2 aliphatic rings. The Hall–Kier alpha value is -0.170. The number of piperidine rings is 1. The Kier molecular flexibility index (Phi) is 6.26. The summed E-state index contributed by atoms with van der Waals surface area (Å²) < 4.78 is 28.9. The molecule has 5 nitrogen and oxygen atoms in total. The van der Waals surface area contributed by atoms with Crippen molar-refractivity contribution in [2.45, 2.75) is 57.4 Å². The van der Waals surface area contributed by atoms with Crippen LogP contribution in [0.4, 0.5) is 0 Å². The van der Waals surface area contributed by atoms with Gasteiger partial charge in [0.25, 0.3) is 10.2 Å². The van der Waals surface area contributed by atoms with Crippen molar-refractivity contribution in [2.75, 3.05) is 26.7 Å². The molecule has 2 N–H and O–H groups in total. The summed E-state index contributed by atoms with van der Waals surface area (Å²) in [7, 11) is -1.59. The molecule has 2 fully saturated rings. The second-order valence-corrected chi connectivity index (χ2v) is 8.07. The SMILES string of the molecule is CN(CCC1CCNCC1)S(=O)(=O)NC1CCCCC1. The maximum absolute atomic E-state index is 12.3. The maximum atomic E-state index is 12.3. The summed E-state index contributed by atoms with van der Waals surface area (Å²) >= 11 is 0. The topological polar surface area (TPSA) is 61.4 Å². The Morgan fingerprint density at radius 2 is 1.75 bits per heavy atom. The summed E-state index contributed by atoms with van der Waals surface area (Å²) in [5.41, 5.74) is 0. The molecule has 2 rings (SSSR count). The molecule has 1 saturated heterocycles. The van der Waals surface area contributed by atoms with Crippen LogP contribution in [-0.2, 0) is 10.2 Å². The van der Waals surface area contributed by atoms with Gasteiger partial charge in [0.15, 0.2) is 0 Å². The third kappa shape index (κ3) is 4.98. The van der Waals surface area contributed by atoms with E-state index in [-0.39, 0.29) is 6.04 Å². The minimum absolute atomic E-state index is 0.148. The quantitative estimate of drug-likeness (QED) is 0.781. The van der Waals surface area contributed by atoms with Crippen LogP contribution in [0.1, 0.15) is 51.4 Å². The third-order valence-electron chi connectivity index (χ3n) is 4.64. The Bertz CT molecular complexity index is 374. The Morgan fingerprint density at radius 1 is 1.10 bits per heavy atom. The van der Waals surface area contributed by atoms with E-state index >= 15 is 0 Å². The number of hydrogen-bond acceptors (Lipinski definition) is 3. The molecule has 0 spiro atoms. The fourth-order valence-corrected chi connectivity index (χ4v) is 4.36. The highest BCUT2D eigenvalue weighted by molar-refractivity contribution is 7.87. The first kappa shape index (κ1) is 16.2. The summed E-state index contributed by atoms with van der Waals surface area (Å²) in [4.78, 5) is 0. The Morgan fingerprint density at radius 3 is 2.40 bits per heavy atom. The molecule has 6 heteroatoms. The van der Waals surface area contributed by atoms with Crippen LogP contribution in [0.25, 0.3) is 0 Å². The van der Waals surface area contributed by atoms with Crippen LogP contribution in [0.15, 0.2) is 0 Å². The molecule has 0 radical (unpaired) electrons. The van der Waals surface area contributed by atoms with Gasteiger partial charge in [0.05, 0.1) is 0 Å². The first-order chi connectivity index (χ1) is 9.58. The van der Waals surface area contributed by atoms with Gasteiger partial charge < -0.3 is 5.32 Å². The van der Waals surface area contributed by atoms with Crippen molar-refractivity contribution in [3.8, 4) is 0 Å². The largest absolute Gasteiger partial charge is 0.317 e. The van der Waals surface area contributed by atoms with E-state index in [0.29, 0.717) is 12.5 Å². The molecule has 0 aromatic carbocycles. The van der Waals surface area contributed by atoms with Gasteiger partial charge in [-0.1, -0.05) is 19.3 Å². The normalized spacial score (nSPS) is 23.3. The minimum Gasteiger partial charge on any atom is -0.317 e. The summed E-state index contributed by atoms with van der Waals surface area (Å²) in [5, 5.41) is 3.34. The highest BCUT2D eigenvalue weighted by Crippen LogP contribution is 2.19. The zero-order valence-electron chi connectivity index (χ0n) is 12.6. The van der Waals surface area contributed by atoms with Crippen LogP contribution < -0.4 is 10.0 Å². The Labute approximate surface area is 123 Å². The van der Waals surface area contributed by atoms with Crippen LogP contribution >= 0.6 is 0 Å². The second kappa shape index (κ2) is 7.73. The molecule has 20 heavy (non-hydrogen) atoms. The highest BCUT2D eigenvalue weighted by atomic mass is 32.2. The molecule has 1 saturated carbocycles. The molecule has 0 aromatic rings. The van der Waals surface area contributed by atoms with E-state index in [2.05, 4.69) is 10.0 Å². The molecular formula is C14H29N3O2S. The van der Waals surface area contributed by atoms with E-state index in [9.17, 15) is 8.42 Å². The molecule has 0 amide bonds. The average Bonchev–Trinajstić information content (AvgIpc) is 2.46. The number of hydrogen-bond donors (Lipinski definition) is 2. The monoisotopic (exact) mass is 303 g/mol. The average molecular weight is 303 g/mol. The molecule has 1 aliphatic carbocycles. The van der Waals surface area contributed by atoms with Gasteiger partial charge in [0.1, 0.15) is 0 Å². The van der Waals surface area contributed by atoms with Crippen molar-refractivity contribution >= 4 is 10.2 Å². The summed E-state index contributed by atoms with van der Waals surface area (Å²) in [6.07, 6.45) is 8.82. The van der Waals surface area contributed by atoms with Crippen molar-refractivity contribution in [1.82, 2.24) is 14.3 Å². The first-order valence-corrected chi connectivity index (χ1v) is 9.46. The van der Waals surface area contributed by atoms with Crippen LogP contribution in [0, 0.1) is 5.92 Å². The Balaban J connectivity index is 1.75. The van der Waals surface area contributed by atoms with E-state index in [1.807, 2.05) is 0 Å². The van der Waals surface area contributed by atoms with Gasteiger partial charge in [0.2, 0.25) is 0 Å². The van der Waals surface area contributed by atoms with Crippen LogP contribution in [0.3, 0.4) is 0 Å². The number of nitrogens with zero attached hydrogens (tertiary/aromatic N) is 1. The van der Waals surface area contributed by atoms with Crippen molar-refractivity contribution in [3.05, 3.63) is 0 Å². The van der Waals surface area contributed by atoms with Gasteiger partial charge in [-0.25, -0.2) is 0 Å². The van der Waals surface area contributed by atoms with E-state index in [4.69, 9.17) is 0 Å². The predicted molar refractivity (Wildman–Crippen MR) is 81.8 cm³/mol. The standard InChI is InChI=1S/C14H29N3O2S/c1-17(12-9-13-7-10-15-11-8-13)20(18,19)16-14-5-3-2-4-6-14/h13-16H,2-12H2,1H3. The van der Waals surface area contributed by atoms with Gasteiger partial charge in [0, 0.05) is 19.6 Å². The van der Waals surface area contributed by atoms with Crippen molar-refractivity contribution in [3.63, 3.8) is 0 Å². The van der Waals surface area contributed by atoms with Gasteiger partial charge >= 0.3 is 0 Å². The number of rotatable bonds is 6. The summed E-state index contributed by atoms with van der Waals surface area (Å²) in [6.45, 7) is 2.77. The lowest BCUT2D eigenvalue weighted by atomic mass is 9.95. The fraction of sp³-hybridized carbons (Fsp3) is 1.00. The fourth-order valence-electron chi connectivity index (χ4n) is 3.18. The van der Waals surface area contributed by atoms with E-state index in [1.165, 1.54) is 23.6 Å². The van der Waals surface area contributed by atoms with Crippen LogP contribution in [0.2, 0.25) is 0 Å². The molecule has 0 aromatic heterocycles. The second-order valence-electron chi connectivity index (χ2n) is 6.26. The lowest BCUT2D eigenvalue weighted by Gasteiger charge is -2.28. The number of nitrogens with one attached hydrogen (secondary N) is 2. The minimum atomic E-state index is -3.29. The molecule has 0 bridgehead atoms. The van der Waals surface area contributed by atoms with Crippen LogP contribution in [0.5, 0.6) is 0 Å². The van der Waals surface area contributed by atoms with Gasteiger partial charge in [-0.2, -0.15) is 17.4 Å². The lowest BCUT2D eigenvalue weighted by molar-refractivity contribution is 0.321.